The third-order valence-corrected chi connectivity index (χ3v) is 7.17. The molecule has 1 aliphatic heterocycles. The molecule has 0 unspecified atom stereocenters. The van der Waals surface area contributed by atoms with Gasteiger partial charge in [-0.25, -0.2) is 13.2 Å². The summed E-state index contributed by atoms with van der Waals surface area (Å²) < 4.78 is 31.9. The minimum absolute atomic E-state index is 0.147. The molecule has 0 aromatic heterocycles. The number of hydrogen-bond donors (Lipinski definition) is 2. The summed E-state index contributed by atoms with van der Waals surface area (Å²) in [6.45, 7) is 2.47. The van der Waals surface area contributed by atoms with Gasteiger partial charge in [0.05, 0.1) is 18.1 Å². The van der Waals surface area contributed by atoms with E-state index in [2.05, 4.69) is 10.6 Å². The Morgan fingerprint density at radius 2 is 1.64 bits per heavy atom. The summed E-state index contributed by atoms with van der Waals surface area (Å²) in [5, 5.41) is 5.52. The fourth-order valence-electron chi connectivity index (χ4n) is 3.35. The molecule has 1 fully saturated rings. The standard InChI is InChI=1S/C23H30N4O5S/c1-26(18-20-5-3-2-4-6-20)23(29)24-12-11-22(28)25-17-19-7-9-21(10-8-19)33(30,31)27-13-15-32-16-14-27/h2-10H,11-18H2,1H3,(H,24,29)(H,25,28). The number of nitrogens with one attached hydrogen (secondary N) is 2. The number of amides is 3. The van der Waals surface area contributed by atoms with E-state index in [9.17, 15) is 18.0 Å². The molecule has 1 aliphatic rings. The third kappa shape index (κ3) is 7.28. The number of benzene rings is 2. The lowest BCUT2D eigenvalue weighted by Crippen LogP contribution is -2.40. The van der Waals surface area contributed by atoms with Crippen LogP contribution in [0.5, 0.6) is 0 Å². The van der Waals surface area contributed by atoms with E-state index in [1.54, 1.807) is 36.2 Å². The van der Waals surface area contributed by atoms with E-state index < -0.39 is 10.0 Å². The Balaban J connectivity index is 1.38. The van der Waals surface area contributed by atoms with Crippen LogP contribution in [-0.2, 0) is 32.6 Å². The molecular weight excluding hydrogens is 444 g/mol. The number of urea groups is 1. The van der Waals surface area contributed by atoms with E-state index in [0.29, 0.717) is 32.8 Å². The molecule has 0 bridgehead atoms. The summed E-state index contributed by atoms with van der Waals surface area (Å²) in [7, 11) is -1.84. The zero-order valence-corrected chi connectivity index (χ0v) is 19.5. The SMILES string of the molecule is CN(Cc1ccccc1)C(=O)NCCC(=O)NCc1ccc(S(=O)(=O)N2CCOCC2)cc1. The summed E-state index contributed by atoms with van der Waals surface area (Å²) in [5.74, 6) is -0.203. The van der Waals surface area contributed by atoms with Gasteiger partial charge in [0.25, 0.3) is 0 Å². The van der Waals surface area contributed by atoms with Crippen LogP contribution in [0.15, 0.2) is 59.5 Å². The van der Waals surface area contributed by atoms with Crippen LogP contribution in [0.4, 0.5) is 4.79 Å². The fourth-order valence-corrected chi connectivity index (χ4v) is 4.76. The number of carbonyl (C=O) groups is 2. The molecule has 2 aromatic rings. The zero-order chi connectivity index (χ0) is 23.7. The fraction of sp³-hybridized carbons (Fsp3) is 0.391. The first-order valence-corrected chi connectivity index (χ1v) is 12.3. The molecular formula is C23H30N4O5S. The number of nitrogens with zero attached hydrogens (tertiary/aromatic N) is 2. The minimum atomic E-state index is -3.54. The van der Waals surface area contributed by atoms with E-state index in [1.807, 2.05) is 30.3 Å². The molecule has 10 heteroatoms. The van der Waals surface area contributed by atoms with Gasteiger partial charge in [0.15, 0.2) is 0 Å². The summed E-state index contributed by atoms with van der Waals surface area (Å²) in [4.78, 5) is 26.0. The van der Waals surface area contributed by atoms with Crippen molar-refractivity contribution in [3.63, 3.8) is 0 Å². The van der Waals surface area contributed by atoms with Gasteiger partial charge in [-0.05, 0) is 23.3 Å². The van der Waals surface area contributed by atoms with Gasteiger partial charge in [-0.2, -0.15) is 4.31 Å². The molecule has 0 aliphatic carbocycles. The molecule has 0 radical (unpaired) electrons. The Kier molecular flexibility index (Phi) is 8.81. The van der Waals surface area contributed by atoms with Crippen LogP contribution in [0.3, 0.4) is 0 Å². The van der Waals surface area contributed by atoms with Crippen molar-refractivity contribution in [3.8, 4) is 0 Å². The van der Waals surface area contributed by atoms with Crippen molar-refractivity contribution in [3.05, 3.63) is 65.7 Å². The molecule has 1 heterocycles. The van der Waals surface area contributed by atoms with Gasteiger partial charge >= 0.3 is 6.03 Å². The maximum atomic E-state index is 12.7. The number of morpholine rings is 1. The number of sulfonamides is 1. The molecule has 3 amide bonds. The second-order valence-corrected chi connectivity index (χ2v) is 9.70. The first-order valence-electron chi connectivity index (χ1n) is 10.8. The molecule has 0 spiro atoms. The molecule has 9 nitrogen and oxygen atoms in total. The monoisotopic (exact) mass is 474 g/mol. The topological polar surface area (TPSA) is 108 Å². The number of hydrogen-bond acceptors (Lipinski definition) is 5. The lowest BCUT2D eigenvalue weighted by molar-refractivity contribution is -0.121. The summed E-state index contributed by atoms with van der Waals surface area (Å²) in [5.41, 5.74) is 1.81. The van der Waals surface area contributed by atoms with Gasteiger partial charge in [-0.3, -0.25) is 4.79 Å². The maximum Gasteiger partial charge on any atom is 0.317 e. The van der Waals surface area contributed by atoms with Crippen LogP contribution in [0.2, 0.25) is 0 Å². The average molecular weight is 475 g/mol. The van der Waals surface area contributed by atoms with Crippen LogP contribution in [0.25, 0.3) is 0 Å². The first kappa shape index (κ1) is 24.7. The molecule has 2 N–H and O–H groups in total. The molecule has 2 aromatic carbocycles. The van der Waals surface area contributed by atoms with Crippen molar-refractivity contribution in [2.24, 2.45) is 0 Å². The number of ether oxygens (including phenoxy) is 1. The lowest BCUT2D eigenvalue weighted by Gasteiger charge is -2.26. The van der Waals surface area contributed by atoms with Crippen molar-refractivity contribution in [1.29, 1.82) is 0 Å². The number of carbonyl (C=O) groups excluding carboxylic acids is 2. The van der Waals surface area contributed by atoms with E-state index in [1.165, 1.54) is 4.31 Å². The highest BCUT2D eigenvalue weighted by Crippen LogP contribution is 2.17. The third-order valence-electron chi connectivity index (χ3n) is 5.26. The Hall–Kier alpha value is -2.95. The predicted octanol–water partition coefficient (Wildman–Crippen LogP) is 1.56. The molecule has 3 rings (SSSR count). The molecule has 33 heavy (non-hydrogen) atoms. The van der Waals surface area contributed by atoms with E-state index in [4.69, 9.17) is 4.74 Å². The van der Waals surface area contributed by atoms with Gasteiger partial charge in [0, 0.05) is 46.2 Å². The Morgan fingerprint density at radius 1 is 0.970 bits per heavy atom. The zero-order valence-electron chi connectivity index (χ0n) is 18.7. The van der Waals surface area contributed by atoms with Crippen molar-refractivity contribution >= 4 is 22.0 Å². The lowest BCUT2D eigenvalue weighted by atomic mass is 10.2. The van der Waals surface area contributed by atoms with Crippen molar-refractivity contribution < 1.29 is 22.7 Å². The van der Waals surface area contributed by atoms with E-state index >= 15 is 0 Å². The minimum Gasteiger partial charge on any atom is -0.379 e. The summed E-state index contributed by atoms with van der Waals surface area (Å²) in [6, 6.07) is 15.9. The largest absolute Gasteiger partial charge is 0.379 e. The van der Waals surface area contributed by atoms with Crippen LogP contribution in [0, 0.1) is 0 Å². The van der Waals surface area contributed by atoms with Crippen molar-refractivity contribution in [2.75, 3.05) is 39.9 Å². The quantitative estimate of drug-likeness (QED) is 0.573. The van der Waals surface area contributed by atoms with E-state index in [0.717, 1.165) is 11.1 Å². The predicted molar refractivity (Wildman–Crippen MR) is 124 cm³/mol. The van der Waals surface area contributed by atoms with E-state index in [-0.39, 0.29) is 36.3 Å². The average Bonchev–Trinajstić information content (AvgIpc) is 2.84. The first-order chi connectivity index (χ1) is 15.9. The summed E-state index contributed by atoms with van der Waals surface area (Å²) >= 11 is 0. The second-order valence-electron chi connectivity index (χ2n) is 7.76. The highest BCUT2D eigenvalue weighted by molar-refractivity contribution is 7.89. The maximum absolute atomic E-state index is 12.7. The van der Waals surface area contributed by atoms with Gasteiger partial charge < -0.3 is 20.3 Å². The van der Waals surface area contributed by atoms with Crippen LogP contribution >= 0.6 is 0 Å². The number of rotatable bonds is 9. The molecule has 1 saturated heterocycles. The van der Waals surface area contributed by atoms with Crippen molar-refractivity contribution in [1.82, 2.24) is 19.8 Å². The Bertz CT molecular complexity index is 1020. The molecule has 0 atom stereocenters. The highest BCUT2D eigenvalue weighted by Gasteiger charge is 2.26. The molecule has 0 saturated carbocycles. The van der Waals surface area contributed by atoms with Gasteiger partial charge in [-0.15, -0.1) is 0 Å². The van der Waals surface area contributed by atoms with Crippen LogP contribution < -0.4 is 10.6 Å². The van der Waals surface area contributed by atoms with Crippen molar-refractivity contribution in [2.45, 2.75) is 24.4 Å². The Morgan fingerprint density at radius 3 is 2.30 bits per heavy atom. The highest BCUT2D eigenvalue weighted by atomic mass is 32.2. The van der Waals surface area contributed by atoms with Gasteiger partial charge in [-0.1, -0.05) is 42.5 Å². The second kappa shape index (κ2) is 11.8. The van der Waals surface area contributed by atoms with Crippen LogP contribution in [-0.4, -0.2) is 69.5 Å². The Labute approximate surface area is 194 Å². The smallest absolute Gasteiger partial charge is 0.317 e. The summed E-state index contributed by atoms with van der Waals surface area (Å²) in [6.07, 6.45) is 0.147. The van der Waals surface area contributed by atoms with Gasteiger partial charge in [0.2, 0.25) is 15.9 Å². The normalized spacial score (nSPS) is 14.5. The molecule has 178 valence electrons. The van der Waals surface area contributed by atoms with Crippen LogP contribution in [0.1, 0.15) is 17.5 Å². The van der Waals surface area contributed by atoms with Gasteiger partial charge in [0.1, 0.15) is 0 Å².